The summed E-state index contributed by atoms with van der Waals surface area (Å²) in [5.74, 6) is 0. The third-order valence-electron chi connectivity index (χ3n) is 3.69. The van der Waals surface area contributed by atoms with Crippen molar-refractivity contribution in [2.24, 2.45) is 0 Å². The van der Waals surface area contributed by atoms with E-state index in [4.69, 9.17) is 0 Å². The van der Waals surface area contributed by atoms with Crippen molar-refractivity contribution in [3.05, 3.63) is 34.4 Å². The molecule has 0 aromatic rings. The molecule has 23 heavy (non-hydrogen) atoms. The molecule has 0 aromatic heterocycles. The molecule has 0 saturated carbocycles. The van der Waals surface area contributed by atoms with Crippen LogP contribution >= 0.6 is 0 Å². The van der Waals surface area contributed by atoms with Crippen LogP contribution in [0.3, 0.4) is 0 Å². The van der Waals surface area contributed by atoms with Gasteiger partial charge >= 0.3 is 0 Å². The number of rotatable bonds is 15. The van der Waals surface area contributed by atoms with Gasteiger partial charge < -0.3 is 5.11 Å². The topological polar surface area (TPSA) is 80.4 Å². The zero-order chi connectivity index (χ0) is 17.3. The van der Waals surface area contributed by atoms with Crippen LogP contribution in [-0.4, -0.2) is 28.5 Å². The van der Waals surface area contributed by atoms with Gasteiger partial charge in [0.05, 0.1) is 0 Å². The molecule has 0 spiro atoms. The third kappa shape index (κ3) is 12.7. The van der Waals surface area contributed by atoms with Gasteiger partial charge in [-0.25, -0.2) is 0 Å². The molecule has 2 unspecified atom stereocenters. The Kier molecular flexibility index (Phi) is 14.4. The Morgan fingerprint density at radius 1 is 1.04 bits per heavy atom. The number of carbonyl (C=O) groups excluding carboxylic acids is 1. The monoisotopic (exact) mass is 324 g/mol. The molecule has 2 atom stereocenters. The van der Waals surface area contributed by atoms with Crippen LogP contribution in [0.15, 0.2) is 24.3 Å². The van der Waals surface area contributed by atoms with Gasteiger partial charge in [0.25, 0.3) is 0 Å². The molecule has 0 aromatic carbocycles. The Balaban J connectivity index is 3.87. The smallest absolute Gasteiger partial charge is 0.242 e. The lowest BCUT2D eigenvalue weighted by atomic mass is 10.0. The number of allylic oxidation sites excluding steroid dienone is 2. The number of nitrogens with zero attached hydrogens (tertiary/aromatic N) is 1. The van der Waals surface area contributed by atoms with E-state index in [1.54, 1.807) is 6.08 Å². The normalized spacial score (nSPS) is 14.3. The molecule has 0 rings (SSSR count). The minimum Gasteiger partial charge on any atom is -0.386 e. The molecule has 5 nitrogen and oxygen atoms in total. The highest BCUT2D eigenvalue weighted by atomic mass is 16.6. The molecule has 0 aliphatic carbocycles. The molecule has 0 fully saturated rings. The highest BCUT2D eigenvalue weighted by molar-refractivity contribution is 5.50. The highest BCUT2D eigenvalue weighted by Gasteiger charge is 2.27. The van der Waals surface area contributed by atoms with Gasteiger partial charge in [0.1, 0.15) is 6.10 Å². The molecule has 0 saturated heterocycles. The predicted molar refractivity (Wildman–Crippen MR) is 92.6 cm³/mol. The summed E-state index contributed by atoms with van der Waals surface area (Å²) in [5, 5.41) is 20.9. The maximum Gasteiger partial charge on any atom is 0.242 e. The number of unbranched alkanes of at least 4 members (excludes halogenated alkanes) is 6. The van der Waals surface area contributed by atoms with E-state index in [9.17, 15) is 20.0 Å². The lowest BCUT2D eigenvalue weighted by Crippen LogP contribution is -2.32. The average molecular weight is 324 g/mol. The van der Waals surface area contributed by atoms with E-state index >= 15 is 0 Å². The van der Waals surface area contributed by atoms with Crippen LogP contribution in [0.2, 0.25) is 0 Å². The second kappa shape index (κ2) is 15.4. The summed E-state index contributed by atoms with van der Waals surface area (Å²) in [5.41, 5.74) is 0. The summed E-state index contributed by atoms with van der Waals surface area (Å²) in [6.07, 6.45) is 16.5. The molecular formula is C18H30NO4. The van der Waals surface area contributed by atoms with Gasteiger partial charge in [-0.2, -0.15) is 0 Å². The van der Waals surface area contributed by atoms with Crippen LogP contribution in [-0.2, 0) is 4.79 Å². The SMILES string of the molecule is CC/C=C\CC(O)C(C/C=C\CCCCCCC[C]=O)[N+](=O)[O-]. The Hall–Kier alpha value is -1.49. The van der Waals surface area contributed by atoms with E-state index in [1.807, 2.05) is 31.4 Å². The molecule has 131 valence electrons. The van der Waals surface area contributed by atoms with Crippen molar-refractivity contribution in [2.75, 3.05) is 0 Å². The van der Waals surface area contributed by atoms with E-state index in [2.05, 4.69) is 0 Å². The standard InChI is InChI=1S/C18H30NO4/c1-2-3-11-15-18(21)17(19(22)23)14-12-9-7-5-4-6-8-10-13-16-20/h3,9,11-12,17-18,21H,2,4-8,10,13-15H2,1H3/b11-3-,12-9-. The highest BCUT2D eigenvalue weighted by Crippen LogP contribution is 2.11. The zero-order valence-corrected chi connectivity index (χ0v) is 14.2. The first-order valence-electron chi connectivity index (χ1n) is 8.60. The second-order valence-electron chi connectivity index (χ2n) is 5.69. The van der Waals surface area contributed by atoms with Crippen LogP contribution in [0.25, 0.3) is 0 Å². The molecule has 0 heterocycles. The summed E-state index contributed by atoms with van der Waals surface area (Å²) in [6.45, 7) is 1.98. The first-order chi connectivity index (χ1) is 11.1. The Morgan fingerprint density at radius 3 is 2.35 bits per heavy atom. The Labute approximate surface area is 139 Å². The van der Waals surface area contributed by atoms with Crippen LogP contribution in [0.4, 0.5) is 0 Å². The van der Waals surface area contributed by atoms with Crippen molar-refractivity contribution in [3.63, 3.8) is 0 Å². The molecule has 1 N–H and O–H groups in total. The van der Waals surface area contributed by atoms with Crippen molar-refractivity contribution in [3.8, 4) is 0 Å². The lowest BCUT2D eigenvalue weighted by Gasteiger charge is -2.12. The Bertz CT molecular complexity index is 366. The number of hydrogen-bond donors (Lipinski definition) is 1. The van der Waals surface area contributed by atoms with Crippen molar-refractivity contribution < 1.29 is 14.8 Å². The fourth-order valence-corrected chi connectivity index (χ4v) is 2.29. The van der Waals surface area contributed by atoms with E-state index in [0.29, 0.717) is 12.8 Å². The van der Waals surface area contributed by atoms with Crippen LogP contribution in [0.5, 0.6) is 0 Å². The summed E-state index contributed by atoms with van der Waals surface area (Å²) in [4.78, 5) is 20.7. The van der Waals surface area contributed by atoms with E-state index < -0.39 is 17.1 Å². The van der Waals surface area contributed by atoms with Crippen LogP contribution in [0, 0.1) is 10.1 Å². The molecule has 0 bridgehead atoms. The number of aliphatic hydroxyl groups excluding tert-OH is 1. The van der Waals surface area contributed by atoms with Gasteiger partial charge in [-0.1, -0.05) is 50.5 Å². The predicted octanol–water partition coefficient (Wildman–Crippen LogP) is 4.14. The van der Waals surface area contributed by atoms with E-state index in [1.165, 1.54) is 0 Å². The molecule has 0 amide bonds. The van der Waals surface area contributed by atoms with Gasteiger partial charge in [0, 0.05) is 17.8 Å². The quantitative estimate of drug-likeness (QED) is 0.212. The molecule has 1 radical (unpaired) electrons. The van der Waals surface area contributed by atoms with Crippen molar-refractivity contribution in [2.45, 2.75) is 83.3 Å². The van der Waals surface area contributed by atoms with Crippen LogP contribution in [0.1, 0.15) is 71.1 Å². The molecule has 5 heteroatoms. The minimum absolute atomic E-state index is 0.267. The van der Waals surface area contributed by atoms with Gasteiger partial charge in [0.15, 0.2) is 6.29 Å². The fourth-order valence-electron chi connectivity index (χ4n) is 2.29. The lowest BCUT2D eigenvalue weighted by molar-refractivity contribution is -0.533. The van der Waals surface area contributed by atoms with Crippen molar-refractivity contribution >= 4 is 6.29 Å². The number of hydrogen-bond acceptors (Lipinski definition) is 4. The first-order valence-corrected chi connectivity index (χ1v) is 8.60. The molecule has 0 aliphatic heterocycles. The number of aliphatic hydroxyl groups is 1. The van der Waals surface area contributed by atoms with E-state index in [0.717, 1.165) is 44.9 Å². The maximum atomic E-state index is 11.0. The summed E-state index contributed by atoms with van der Waals surface area (Å²) in [6, 6.07) is -0.938. The first kappa shape index (κ1) is 21.5. The molecular weight excluding hydrogens is 294 g/mol. The summed E-state index contributed by atoms with van der Waals surface area (Å²) >= 11 is 0. The van der Waals surface area contributed by atoms with Gasteiger partial charge in [0.2, 0.25) is 6.04 Å². The van der Waals surface area contributed by atoms with Gasteiger partial charge in [-0.05, 0) is 32.1 Å². The second-order valence-corrected chi connectivity index (χ2v) is 5.69. The third-order valence-corrected chi connectivity index (χ3v) is 3.69. The van der Waals surface area contributed by atoms with Gasteiger partial charge in [-0.3, -0.25) is 14.9 Å². The summed E-state index contributed by atoms with van der Waals surface area (Å²) < 4.78 is 0. The van der Waals surface area contributed by atoms with E-state index in [-0.39, 0.29) is 6.42 Å². The van der Waals surface area contributed by atoms with Gasteiger partial charge in [-0.15, -0.1) is 0 Å². The fraction of sp³-hybridized carbons (Fsp3) is 0.722. The largest absolute Gasteiger partial charge is 0.386 e. The Morgan fingerprint density at radius 2 is 1.70 bits per heavy atom. The van der Waals surface area contributed by atoms with Crippen molar-refractivity contribution in [1.82, 2.24) is 0 Å². The van der Waals surface area contributed by atoms with Crippen LogP contribution < -0.4 is 0 Å². The summed E-state index contributed by atoms with van der Waals surface area (Å²) in [7, 11) is 0. The number of nitro groups is 1. The average Bonchev–Trinajstić information content (AvgIpc) is 2.52. The van der Waals surface area contributed by atoms with Crippen molar-refractivity contribution in [1.29, 1.82) is 0 Å². The minimum atomic E-state index is -0.938. The molecule has 0 aliphatic rings. The maximum absolute atomic E-state index is 11.0. The zero-order valence-electron chi connectivity index (χ0n) is 14.2.